The molecule has 4 fully saturated rings. The first-order valence-corrected chi connectivity index (χ1v) is 9.39. The molecule has 0 spiro atoms. The van der Waals surface area contributed by atoms with E-state index in [0.29, 0.717) is 6.61 Å². The van der Waals surface area contributed by atoms with Crippen molar-refractivity contribution in [1.29, 1.82) is 0 Å². The molecule has 5 rings (SSSR count). The van der Waals surface area contributed by atoms with Crippen LogP contribution in [0.3, 0.4) is 0 Å². The molecule has 0 heterocycles. The van der Waals surface area contributed by atoms with Crippen LogP contribution in [-0.4, -0.2) is 19.8 Å². The number of nitrogens with two attached hydrogens (primary N) is 1. The van der Waals surface area contributed by atoms with Crippen LogP contribution in [0.1, 0.15) is 44.6 Å². The van der Waals surface area contributed by atoms with E-state index in [1.807, 2.05) is 13.0 Å². The van der Waals surface area contributed by atoms with Crippen molar-refractivity contribution in [3.05, 3.63) is 23.8 Å². The first kappa shape index (κ1) is 15.3. The first-order chi connectivity index (χ1) is 11.3. The molecule has 4 saturated carbocycles. The van der Waals surface area contributed by atoms with Gasteiger partial charge in [0.25, 0.3) is 0 Å². The second-order valence-electron chi connectivity index (χ2n) is 7.87. The molecule has 126 valence electrons. The molecule has 3 heteroatoms. The number of benzene rings is 1. The molecule has 23 heavy (non-hydrogen) atoms. The predicted molar refractivity (Wildman–Crippen MR) is 90.6 cm³/mol. The van der Waals surface area contributed by atoms with Crippen LogP contribution in [0.2, 0.25) is 0 Å². The zero-order chi connectivity index (χ0) is 15.8. The van der Waals surface area contributed by atoms with Crippen molar-refractivity contribution in [3.8, 4) is 11.5 Å². The highest BCUT2D eigenvalue weighted by Crippen LogP contribution is 2.52. The maximum Gasteiger partial charge on any atom is 0.161 e. The van der Waals surface area contributed by atoms with Crippen LogP contribution in [0.25, 0.3) is 0 Å². The zero-order valence-electron chi connectivity index (χ0n) is 14.5. The van der Waals surface area contributed by atoms with Gasteiger partial charge in [0.1, 0.15) is 6.54 Å². The number of hydrogen-bond donors (Lipinski definition) is 1. The highest BCUT2D eigenvalue weighted by atomic mass is 16.5. The molecule has 4 bridgehead atoms. The highest BCUT2D eigenvalue weighted by Gasteiger charge is 2.50. The normalized spacial score (nSPS) is 34.6. The van der Waals surface area contributed by atoms with Crippen LogP contribution in [0, 0.1) is 23.7 Å². The minimum atomic E-state index is 0.680. The molecule has 0 aliphatic heterocycles. The summed E-state index contributed by atoms with van der Waals surface area (Å²) in [6, 6.07) is 7.26. The Morgan fingerprint density at radius 1 is 1.00 bits per heavy atom. The van der Waals surface area contributed by atoms with Gasteiger partial charge in [0.05, 0.1) is 19.8 Å². The standard InChI is InChI=1S/C20H29NO2/c1-3-23-19-11-13(4-5-18(19)22-2)12-21-20-16-7-14-6-15(9-16)10-17(20)8-14/h4-5,11,14-17,20-21H,3,6-10,12H2,1-2H3/p+1. The Kier molecular flexibility index (Phi) is 4.23. The van der Waals surface area contributed by atoms with Gasteiger partial charge in [-0.15, -0.1) is 0 Å². The van der Waals surface area contributed by atoms with Gasteiger partial charge in [-0.2, -0.15) is 0 Å². The Hall–Kier alpha value is -1.22. The van der Waals surface area contributed by atoms with Gasteiger partial charge < -0.3 is 14.8 Å². The van der Waals surface area contributed by atoms with Crippen molar-refractivity contribution in [2.75, 3.05) is 13.7 Å². The first-order valence-electron chi connectivity index (χ1n) is 9.39. The molecule has 4 aliphatic rings. The van der Waals surface area contributed by atoms with E-state index in [4.69, 9.17) is 9.47 Å². The summed E-state index contributed by atoms with van der Waals surface area (Å²) in [5, 5.41) is 2.63. The smallest absolute Gasteiger partial charge is 0.161 e. The van der Waals surface area contributed by atoms with Crippen LogP contribution in [0.4, 0.5) is 0 Å². The van der Waals surface area contributed by atoms with Crippen molar-refractivity contribution in [1.82, 2.24) is 0 Å². The van der Waals surface area contributed by atoms with Crippen molar-refractivity contribution in [2.45, 2.75) is 51.6 Å². The molecule has 1 aromatic rings. The lowest BCUT2D eigenvalue weighted by Crippen LogP contribution is -2.93. The fourth-order valence-corrected chi connectivity index (χ4v) is 5.74. The largest absolute Gasteiger partial charge is 0.493 e. The van der Waals surface area contributed by atoms with E-state index in [2.05, 4.69) is 17.4 Å². The topological polar surface area (TPSA) is 35.1 Å². The molecule has 2 N–H and O–H groups in total. The van der Waals surface area contributed by atoms with Gasteiger partial charge in [-0.3, -0.25) is 0 Å². The minimum Gasteiger partial charge on any atom is -0.493 e. The quantitative estimate of drug-likeness (QED) is 0.875. The van der Waals surface area contributed by atoms with Gasteiger partial charge in [-0.25, -0.2) is 0 Å². The van der Waals surface area contributed by atoms with E-state index in [-0.39, 0.29) is 0 Å². The van der Waals surface area contributed by atoms with E-state index in [1.165, 1.54) is 37.7 Å². The fraction of sp³-hybridized carbons (Fsp3) is 0.700. The second-order valence-corrected chi connectivity index (χ2v) is 7.87. The molecule has 0 amide bonds. The third-order valence-corrected chi connectivity index (χ3v) is 6.45. The van der Waals surface area contributed by atoms with Gasteiger partial charge in [0.2, 0.25) is 0 Å². The third-order valence-electron chi connectivity index (χ3n) is 6.45. The third kappa shape index (κ3) is 2.96. The van der Waals surface area contributed by atoms with Crippen LogP contribution < -0.4 is 14.8 Å². The molecule has 0 unspecified atom stereocenters. The fourth-order valence-electron chi connectivity index (χ4n) is 5.74. The van der Waals surface area contributed by atoms with Crippen LogP contribution in [-0.2, 0) is 6.54 Å². The lowest BCUT2D eigenvalue weighted by atomic mass is 9.54. The Morgan fingerprint density at radius 2 is 1.70 bits per heavy atom. The number of quaternary nitrogens is 1. The van der Waals surface area contributed by atoms with Crippen molar-refractivity contribution in [2.24, 2.45) is 23.7 Å². The molecule has 0 aromatic heterocycles. The minimum absolute atomic E-state index is 0.680. The molecule has 1 aromatic carbocycles. The molecule has 0 saturated heterocycles. The Balaban J connectivity index is 1.42. The summed E-state index contributed by atoms with van der Waals surface area (Å²) in [5.41, 5.74) is 1.35. The SMILES string of the molecule is CCOc1cc(C[NH2+]C2C3CC4CC(C3)CC2C4)ccc1OC. The summed E-state index contributed by atoms with van der Waals surface area (Å²) in [6.45, 7) is 3.77. The monoisotopic (exact) mass is 316 g/mol. The lowest BCUT2D eigenvalue weighted by molar-refractivity contribution is -0.723. The van der Waals surface area contributed by atoms with Gasteiger partial charge in [0, 0.05) is 17.4 Å². The van der Waals surface area contributed by atoms with Gasteiger partial charge >= 0.3 is 0 Å². The van der Waals surface area contributed by atoms with Crippen molar-refractivity contribution in [3.63, 3.8) is 0 Å². The molecular formula is C20H30NO2+. The summed E-state index contributed by atoms with van der Waals surface area (Å²) < 4.78 is 11.1. The van der Waals surface area contributed by atoms with E-state index in [1.54, 1.807) is 7.11 Å². The maximum absolute atomic E-state index is 5.72. The molecule has 0 radical (unpaired) electrons. The molecule has 3 nitrogen and oxygen atoms in total. The molecular weight excluding hydrogens is 286 g/mol. The average molecular weight is 316 g/mol. The Labute approximate surface area is 139 Å². The lowest BCUT2D eigenvalue weighted by Gasteiger charge is -2.52. The summed E-state index contributed by atoms with van der Waals surface area (Å²) in [6.07, 6.45) is 7.54. The van der Waals surface area contributed by atoms with Crippen LogP contribution in [0.5, 0.6) is 11.5 Å². The summed E-state index contributed by atoms with van der Waals surface area (Å²) in [7, 11) is 1.71. The van der Waals surface area contributed by atoms with Crippen molar-refractivity contribution < 1.29 is 14.8 Å². The molecule has 0 atom stereocenters. The van der Waals surface area contributed by atoms with Gasteiger partial charge in [-0.05, 0) is 69.1 Å². The summed E-state index contributed by atoms with van der Waals surface area (Å²) in [5.74, 6) is 5.81. The second kappa shape index (κ2) is 6.35. The summed E-state index contributed by atoms with van der Waals surface area (Å²) in [4.78, 5) is 0. The van der Waals surface area contributed by atoms with Crippen LogP contribution >= 0.6 is 0 Å². The highest BCUT2D eigenvalue weighted by molar-refractivity contribution is 5.42. The van der Waals surface area contributed by atoms with Crippen LogP contribution in [0.15, 0.2) is 18.2 Å². The van der Waals surface area contributed by atoms with Crippen molar-refractivity contribution >= 4 is 0 Å². The zero-order valence-corrected chi connectivity index (χ0v) is 14.5. The number of ether oxygens (including phenoxy) is 2. The average Bonchev–Trinajstić information content (AvgIpc) is 2.54. The number of hydrogen-bond acceptors (Lipinski definition) is 2. The number of methoxy groups -OCH3 is 1. The van der Waals surface area contributed by atoms with Gasteiger partial charge in [0.15, 0.2) is 11.5 Å². The molecule has 4 aliphatic carbocycles. The predicted octanol–water partition coefficient (Wildman–Crippen LogP) is 2.98. The number of rotatable bonds is 6. The van der Waals surface area contributed by atoms with E-state index in [9.17, 15) is 0 Å². The van der Waals surface area contributed by atoms with Gasteiger partial charge in [-0.1, -0.05) is 0 Å². The van der Waals surface area contributed by atoms with E-state index in [0.717, 1.165) is 47.8 Å². The Bertz CT molecular complexity index is 529. The Morgan fingerprint density at radius 3 is 2.30 bits per heavy atom. The van der Waals surface area contributed by atoms with E-state index < -0.39 is 0 Å². The summed E-state index contributed by atoms with van der Waals surface area (Å²) >= 11 is 0. The van der Waals surface area contributed by atoms with E-state index >= 15 is 0 Å². The maximum atomic E-state index is 5.72.